The minimum Gasteiger partial charge on any atom is -0.469 e. The topological polar surface area (TPSA) is 69.8 Å². The molecule has 0 saturated carbocycles. The molecule has 0 bridgehead atoms. The Kier molecular flexibility index (Phi) is 14.0. The average Bonchev–Trinajstić information content (AvgIpc) is 3.05. The van der Waals surface area contributed by atoms with Crippen LogP contribution in [-0.4, -0.2) is 36.8 Å². The van der Waals surface area contributed by atoms with Gasteiger partial charge in [-0.2, -0.15) is 0 Å². The van der Waals surface area contributed by atoms with Crippen molar-refractivity contribution in [3.8, 4) is 0 Å². The van der Waals surface area contributed by atoms with E-state index < -0.39 is 0 Å². The lowest BCUT2D eigenvalue weighted by Gasteiger charge is -2.20. The molecule has 0 radical (unpaired) electrons. The highest BCUT2D eigenvalue weighted by molar-refractivity contribution is 14.0. The molecule has 6 heteroatoms. The van der Waals surface area contributed by atoms with Crippen LogP contribution in [0.25, 0.3) is 0 Å². The summed E-state index contributed by atoms with van der Waals surface area (Å²) in [7, 11) is 0. The standard InChI is InChI=1S/C19H35N3O2.HI/c1-5-16(4)22-19(20-10-8-18-7-6-12-24-18)21-14-17(9-11-23)13-15(2)3;/h6-7,12,15-17,23H,5,8-11,13-14H2,1-4H3,(H2,20,21,22);1H. The number of guanidine groups is 1. The lowest BCUT2D eigenvalue weighted by atomic mass is 9.94. The van der Waals surface area contributed by atoms with Crippen molar-refractivity contribution in [2.45, 2.75) is 59.4 Å². The van der Waals surface area contributed by atoms with Crippen LogP contribution in [0.15, 0.2) is 27.8 Å². The van der Waals surface area contributed by atoms with Crippen LogP contribution in [0, 0.1) is 11.8 Å². The van der Waals surface area contributed by atoms with Gasteiger partial charge in [0.25, 0.3) is 0 Å². The number of furan rings is 1. The maximum Gasteiger partial charge on any atom is 0.191 e. The van der Waals surface area contributed by atoms with Gasteiger partial charge >= 0.3 is 0 Å². The first-order chi connectivity index (χ1) is 11.5. The fourth-order valence-corrected chi connectivity index (χ4v) is 2.60. The van der Waals surface area contributed by atoms with Gasteiger partial charge in [-0.05, 0) is 50.2 Å². The monoisotopic (exact) mass is 465 g/mol. The Morgan fingerprint density at radius 2 is 2.08 bits per heavy atom. The molecule has 0 saturated heterocycles. The van der Waals surface area contributed by atoms with Crippen LogP contribution < -0.4 is 10.6 Å². The van der Waals surface area contributed by atoms with Crippen molar-refractivity contribution >= 4 is 29.9 Å². The van der Waals surface area contributed by atoms with Crippen molar-refractivity contribution in [2.75, 3.05) is 19.7 Å². The summed E-state index contributed by atoms with van der Waals surface area (Å²) in [5, 5.41) is 16.1. The summed E-state index contributed by atoms with van der Waals surface area (Å²) in [6, 6.07) is 4.27. The van der Waals surface area contributed by atoms with Gasteiger partial charge < -0.3 is 20.2 Å². The minimum absolute atomic E-state index is 0. The predicted octanol–water partition coefficient (Wildman–Crippen LogP) is 3.82. The lowest BCUT2D eigenvalue weighted by Crippen LogP contribution is -2.43. The van der Waals surface area contributed by atoms with Crippen molar-refractivity contribution < 1.29 is 9.52 Å². The van der Waals surface area contributed by atoms with Gasteiger partial charge in [0.1, 0.15) is 5.76 Å². The third-order valence-corrected chi connectivity index (χ3v) is 4.09. The molecule has 0 spiro atoms. The maximum absolute atomic E-state index is 9.26. The Hall–Kier alpha value is -0.760. The number of aliphatic hydroxyl groups is 1. The molecule has 1 aromatic rings. The fourth-order valence-electron chi connectivity index (χ4n) is 2.60. The Morgan fingerprint density at radius 1 is 1.32 bits per heavy atom. The van der Waals surface area contributed by atoms with Gasteiger partial charge in [0, 0.05) is 32.2 Å². The van der Waals surface area contributed by atoms with Crippen LogP contribution in [0.4, 0.5) is 0 Å². The zero-order valence-electron chi connectivity index (χ0n) is 16.1. The van der Waals surface area contributed by atoms with E-state index in [1.165, 1.54) is 0 Å². The van der Waals surface area contributed by atoms with E-state index in [4.69, 9.17) is 9.41 Å². The van der Waals surface area contributed by atoms with E-state index in [-0.39, 0.29) is 30.6 Å². The molecule has 0 aliphatic carbocycles. The third kappa shape index (κ3) is 11.5. The van der Waals surface area contributed by atoms with E-state index in [0.29, 0.717) is 17.9 Å². The normalized spacial score (nSPS) is 14.1. The number of halogens is 1. The number of aliphatic hydroxyl groups excluding tert-OH is 1. The molecule has 2 atom stereocenters. The van der Waals surface area contributed by atoms with Gasteiger partial charge in [-0.3, -0.25) is 4.99 Å². The maximum atomic E-state index is 9.26. The summed E-state index contributed by atoms with van der Waals surface area (Å²) in [6.07, 6.45) is 5.48. The molecule has 146 valence electrons. The number of nitrogens with one attached hydrogen (secondary N) is 2. The van der Waals surface area contributed by atoms with Crippen molar-refractivity contribution in [1.29, 1.82) is 0 Å². The summed E-state index contributed by atoms with van der Waals surface area (Å²) in [5.41, 5.74) is 0. The predicted molar refractivity (Wildman–Crippen MR) is 116 cm³/mol. The van der Waals surface area contributed by atoms with Gasteiger partial charge in [-0.25, -0.2) is 0 Å². The summed E-state index contributed by atoms with van der Waals surface area (Å²) < 4.78 is 5.36. The van der Waals surface area contributed by atoms with E-state index in [9.17, 15) is 5.11 Å². The fraction of sp³-hybridized carbons (Fsp3) is 0.737. The molecule has 25 heavy (non-hydrogen) atoms. The van der Waals surface area contributed by atoms with Crippen molar-refractivity contribution in [3.05, 3.63) is 24.2 Å². The van der Waals surface area contributed by atoms with Crippen LogP contribution in [0.3, 0.4) is 0 Å². The summed E-state index contributed by atoms with van der Waals surface area (Å²) in [5.74, 6) is 2.87. The van der Waals surface area contributed by atoms with Gasteiger partial charge in [-0.15, -0.1) is 24.0 Å². The Labute approximate surface area is 170 Å². The Morgan fingerprint density at radius 3 is 2.64 bits per heavy atom. The zero-order chi connectivity index (χ0) is 17.8. The van der Waals surface area contributed by atoms with E-state index in [1.807, 2.05) is 12.1 Å². The second-order valence-electron chi connectivity index (χ2n) is 6.91. The Balaban J connectivity index is 0.00000576. The molecule has 0 fully saturated rings. The second kappa shape index (κ2) is 14.4. The molecule has 5 nitrogen and oxygen atoms in total. The average molecular weight is 465 g/mol. The van der Waals surface area contributed by atoms with E-state index in [0.717, 1.165) is 50.5 Å². The highest BCUT2D eigenvalue weighted by Gasteiger charge is 2.11. The Bertz CT molecular complexity index is 450. The van der Waals surface area contributed by atoms with Gasteiger partial charge in [0.05, 0.1) is 6.26 Å². The first kappa shape index (κ1) is 24.2. The molecule has 0 amide bonds. The first-order valence-electron chi connectivity index (χ1n) is 9.23. The molecule has 0 aliphatic rings. The molecular weight excluding hydrogens is 429 g/mol. The van der Waals surface area contributed by atoms with Crippen molar-refractivity contribution in [3.63, 3.8) is 0 Å². The van der Waals surface area contributed by atoms with Crippen LogP contribution in [0.5, 0.6) is 0 Å². The summed E-state index contributed by atoms with van der Waals surface area (Å²) >= 11 is 0. The minimum atomic E-state index is 0. The molecule has 1 aromatic heterocycles. The number of nitrogens with zero attached hydrogens (tertiary/aromatic N) is 1. The van der Waals surface area contributed by atoms with E-state index in [1.54, 1.807) is 6.26 Å². The molecular formula is C19H36IN3O2. The number of rotatable bonds is 11. The van der Waals surface area contributed by atoms with Crippen LogP contribution in [0.1, 0.15) is 52.7 Å². The van der Waals surface area contributed by atoms with E-state index in [2.05, 4.69) is 38.3 Å². The smallest absolute Gasteiger partial charge is 0.191 e. The highest BCUT2D eigenvalue weighted by atomic mass is 127. The molecule has 0 aromatic carbocycles. The van der Waals surface area contributed by atoms with Gasteiger partial charge in [-0.1, -0.05) is 20.8 Å². The summed E-state index contributed by atoms with van der Waals surface area (Å²) in [6.45, 7) is 10.5. The second-order valence-corrected chi connectivity index (χ2v) is 6.91. The van der Waals surface area contributed by atoms with Crippen LogP contribution >= 0.6 is 24.0 Å². The largest absolute Gasteiger partial charge is 0.469 e. The number of hydrogen-bond acceptors (Lipinski definition) is 3. The number of hydrogen-bond donors (Lipinski definition) is 3. The first-order valence-corrected chi connectivity index (χ1v) is 9.23. The van der Waals surface area contributed by atoms with E-state index >= 15 is 0 Å². The van der Waals surface area contributed by atoms with Crippen molar-refractivity contribution in [2.24, 2.45) is 16.8 Å². The van der Waals surface area contributed by atoms with Crippen LogP contribution in [-0.2, 0) is 6.42 Å². The van der Waals surface area contributed by atoms with Crippen molar-refractivity contribution in [1.82, 2.24) is 10.6 Å². The SMILES string of the molecule is CCC(C)NC(=NCC(CCO)CC(C)C)NCCc1ccco1.I. The zero-order valence-corrected chi connectivity index (χ0v) is 18.5. The molecule has 1 heterocycles. The molecule has 1 rings (SSSR count). The van der Waals surface area contributed by atoms with Gasteiger partial charge in [0.15, 0.2) is 5.96 Å². The molecule has 0 aliphatic heterocycles. The quantitative estimate of drug-likeness (QED) is 0.264. The summed E-state index contributed by atoms with van der Waals surface area (Å²) in [4.78, 5) is 4.76. The lowest BCUT2D eigenvalue weighted by molar-refractivity contribution is 0.245. The molecule has 2 unspecified atom stereocenters. The molecule has 3 N–H and O–H groups in total. The van der Waals surface area contributed by atoms with Crippen LogP contribution in [0.2, 0.25) is 0 Å². The third-order valence-electron chi connectivity index (χ3n) is 4.09. The number of aliphatic imine (C=N–C) groups is 1. The van der Waals surface area contributed by atoms with Gasteiger partial charge in [0.2, 0.25) is 0 Å². The highest BCUT2D eigenvalue weighted by Crippen LogP contribution is 2.15.